The number of hydrogen-bond acceptors (Lipinski definition) is 3. The summed E-state index contributed by atoms with van der Waals surface area (Å²) < 4.78 is 5.27. The third-order valence-electron chi connectivity index (χ3n) is 1.61. The van der Waals surface area contributed by atoms with Crippen LogP contribution in [0.3, 0.4) is 0 Å². The third-order valence-corrected chi connectivity index (χ3v) is 1.61. The molecular weight excluding hydrogens is 176 g/mol. The molecule has 0 amide bonds. The van der Waals surface area contributed by atoms with Gasteiger partial charge in [0.25, 0.3) is 0 Å². The molecule has 0 aliphatic heterocycles. The van der Waals surface area contributed by atoms with Crippen molar-refractivity contribution in [3.63, 3.8) is 0 Å². The largest absolute Gasteiger partial charge is 0.476 e. The van der Waals surface area contributed by atoms with E-state index in [4.69, 9.17) is 16.4 Å². The van der Waals surface area contributed by atoms with Crippen LogP contribution in [0.5, 0.6) is 5.88 Å². The van der Waals surface area contributed by atoms with Gasteiger partial charge in [-0.15, -0.1) is 12.3 Å². The summed E-state index contributed by atoms with van der Waals surface area (Å²) in [4.78, 5) is 4.10. The fourth-order valence-electron chi connectivity index (χ4n) is 0.935. The van der Waals surface area contributed by atoms with Gasteiger partial charge in [-0.1, -0.05) is 0 Å². The topological polar surface area (TPSA) is 45.9 Å². The Balaban J connectivity index is 2.80. The predicted octanol–water partition coefficient (Wildman–Crippen LogP) is 1.66. The van der Waals surface area contributed by atoms with Gasteiger partial charge in [-0.3, -0.25) is 0 Å². The van der Waals surface area contributed by atoms with E-state index in [1.807, 2.05) is 13.0 Å². The Morgan fingerprint density at radius 1 is 1.57 bits per heavy atom. The summed E-state index contributed by atoms with van der Waals surface area (Å²) in [5.41, 5.74) is 1.26. The Morgan fingerprint density at radius 2 is 2.36 bits per heavy atom. The van der Waals surface area contributed by atoms with Gasteiger partial charge >= 0.3 is 0 Å². The number of aryl methyl sites for hydroxylation is 1. The van der Waals surface area contributed by atoms with Crippen molar-refractivity contribution in [3.8, 4) is 24.3 Å². The van der Waals surface area contributed by atoms with Crippen molar-refractivity contribution in [2.75, 3.05) is 6.61 Å². The van der Waals surface area contributed by atoms with Gasteiger partial charge in [-0.2, -0.15) is 5.26 Å². The monoisotopic (exact) mass is 186 g/mol. The minimum atomic E-state index is 0.364. The molecule has 3 nitrogen and oxygen atoms in total. The minimum absolute atomic E-state index is 0.364. The molecule has 0 N–H and O–H groups in total. The van der Waals surface area contributed by atoms with E-state index in [1.165, 1.54) is 0 Å². The molecule has 0 atom stereocenters. The molecule has 0 aromatic carbocycles. The number of aromatic nitrogens is 1. The second-order valence-electron chi connectivity index (χ2n) is 2.72. The molecule has 0 radical (unpaired) electrons. The molecular formula is C11H10N2O. The van der Waals surface area contributed by atoms with Gasteiger partial charge in [0.05, 0.1) is 0 Å². The van der Waals surface area contributed by atoms with Crippen molar-refractivity contribution in [1.29, 1.82) is 5.26 Å². The number of nitriles is 1. The van der Waals surface area contributed by atoms with Crippen LogP contribution in [0, 0.1) is 30.6 Å². The number of nitrogens with zero attached hydrogens (tertiary/aromatic N) is 2. The molecule has 0 bridgehead atoms. The van der Waals surface area contributed by atoms with Crippen LogP contribution in [0.25, 0.3) is 0 Å². The zero-order chi connectivity index (χ0) is 10.4. The van der Waals surface area contributed by atoms with E-state index in [2.05, 4.69) is 10.9 Å². The van der Waals surface area contributed by atoms with Crippen LogP contribution in [0.2, 0.25) is 0 Å². The molecule has 1 aromatic rings. The highest BCUT2D eigenvalue weighted by Crippen LogP contribution is 2.14. The van der Waals surface area contributed by atoms with Gasteiger partial charge in [0.15, 0.2) is 0 Å². The first kappa shape index (κ1) is 10.1. The van der Waals surface area contributed by atoms with Crippen molar-refractivity contribution in [2.24, 2.45) is 0 Å². The van der Waals surface area contributed by atoms with Crippen molar-refractivity contribution < 1.29 is 4.74 Å². The summed E-state index contributed by atoms with van der Waals surface area (Å²) in [6.45, 7) is 2.23. The molecule has 14 heavy (non-hydrogen) atoms. The molecule has 1 aromatic heterocycles. The van der Waals surface area contributed by atoms with Gasteiger partial charge in [0, 0.05) is 12.1 Å². The van der Waals surface area contributed by atoms with E-state index in [1.54, 1.807) is 12.1 Å². The van der Waals surface area contributed by atoms with Crippen LogP contribution >= 0.6 is 0 Å². The van der Waals surface area contributed by atoms with Gasteiger partial charge in [0.1, 0.15) is 18.2 Å². The summed E-state index contributed by atoms with van der Waals surface area (Å²) in [7, 11) is 0. The van der Waals surface area contributed by atoms with Crippen LogP contribution in [-0.2, 0) is 0 Å². The maximum atomic E-state index is 8.76. The molecule has 0 saturated heterocycles. The molecule has 0 fully saturated rings. The molecule has 1 heterocycles. The highest BCUT2D eigenvalue weighted by molar-refractivity contribution is 5.38. The summed E-state index contributed by atoms with van der Waals surface area (Å²) in [6.07, 6.45) is 5.59. The molecule has 0 aliphatic rings. The zero-order valence-electron chi connectivity index (χ0n) is 7.95. The van der Waals surface area contributed by atoms with E-state index in [0.717, 1.165) is 5.69 Å². The van der Waals surface area contributed by atoms with E-state index < -0.39 is 0 Å². The smallest absolute Gasteiger partial charge is 0.231 e. The Morgan fingerprint density at radius 3 is 3.00 bits per heavy atom. The van der Waals surface area contributed by atoms with Gasteiger partial charge in [0.2, 0.25) is 5.88 Å². The van der Waals surface area contributed by atoms with Crippen LogP contribution < -0.4 is 4.74 Å². The Bertz CT molecular complexity index is 399. The number of terminal acetylenes is 1. The second-order valence-corrected chi connectivity index (χ2v) is 2.72. The van der Waals surface area contributed by atoms with E-state index in [0.29, 0.717) is 24.5 Å². The van der Waals surface area contributed by atoms with E-state index in [-0.39, 0.29) is 0 Å². The Hall–Kier alpha value is -2.00. The van der Waals surface area contributed by atoms with Crippen LogP contribution in [0.15, 0.2) is 12.1 Å². The first-order valence-electron chi connectivity index (χ1n) is 4.22. The highest BCUT2D eigenvalue weighted by Gasteiger charge is 2.04. The summed E-state index contributed by atoms with van der Waals surface area (Å²) in [5, 5.41) is 8.76. The SMILES string of the molecule is C#CCCOc1nc(C)ccc1C#N. The normalized spacial score (nSPS) is 8.79. The zero-order valence-corrected chi connectivity index (χ0v) is 7.95. The maximum Gasteiger partial charge on any atom is 0.231 e. The molecule has 70 valence electrons. The summed E-state index contributed by atoms with van der Waals surface area (Å²) >= 11 is 0. The van der Waals surface area contributed by atoms with Crippen molar-refractivity contribution in [1.82, 2.24) is 4.98 Å². The van der Waals surface area contributed by atoms with Crippen molar-refractivity contribution in [2.45, 2.75) is 13.3 Å². The average molecular weight is 186 g/mol. The fourth-order valence-corrected chi connectivity index (χ4v) is 0.935. The third kappa shape index (κ3) is 2.50. The Kier molecular flexibility index (Phi) is 3.52. The first-order chi connectivity index (χ1) is 6.77. The molecule has 0 saturated carbocycles. The fraction of sp³-hybridized carbons (Fsp3) is 0.273. The Labute approximate surface area is 83.3 Å². The second kappa shape index (κ2) is 4.89. The lowest BCUT2D eigenvalue weighted by atomic mass is 10.2. The van der Waals surface area contributed by atoms with Gasteiger partial charge < -0.3 is 4.74 Å². The molecule has 3 heteroatoms. The van der Waals surface area contributed by atoms with Gasteiger partial charge in [-0.05, 0) is 19.1 Å². The number of ether oxygens (including phenoxy) is 1. The lowest BCUT2D eigenvalue weighted by molar-refractivity contribution is 0.313. The predicted molar refractivity (Wildman–Crippen MR) is 52.6 cm³/mol. The van der Waals surface area contributed by atoms with Crippen LogP contribution in [0.4, 0.5) is 0 Å². The molecule has 0 unspecified atom stereocenters. The maximum absolute atomic E-state index is 8.76. The van der Waals surface area contributed by atoms with Gasteiger partial charge in [-0.25, -0.2) is 4.98 Å². The minimum Gasteiger partial charge on any atom is -0.476 e. The lowest BCUT2D eigenvalue weighted by Gasteiger charge is -2.05. The average Bonchev–Trinajstić information content (AvgIpc) is 2.19. The number of hydrogen-bond donors (Lipinski definition) is 0. The first-order valence-corrected chi connectivity index (χ1v) is 4.22. The standard InChI is InChI=1S/C11H10N2O/c1-3-4-7-14-11-10(8-12)6-5-9(2)13-11/h1,5-6H,4,7H2,2H3. The van der Waals surface area contributed by atoms with Crippen LogP contribution in [0.1, 0.15) is 17.7 Å². The quantitative estimate of drug-likeness (QED) is 0.532. The molecule has 0 spiro atoms. The molecule has 1 rings (SSSR count). The van der Waals surface area contributed by atoms with E-state index >= 15 is 0 Å². The lowest BCUT2D eigenvalue weighted by Crippen LogP contribution is -2.01. The summed E-state index contributed by atoms with van der Waals surface area (Å²) in [6, 6.07) is 5.47. The molecule has 0 aliphatic carbocycles. The number of rotatable bonds is 3. The van der Waals surface area contributed by atoms with Crippen molar-refractivity contribution >= 4 is 0 Å². The number of pyridine rings is 1. The highest BCUT2D eigenvalue weighted by atomic mass is 16.5. The van der Waals surface area contributed by atoms with Crippen molar-refractivity contribution in [3.05, 3.63) is 23.4 Å². The van der Waals surface area contributed by atoms with E-state index in [9.17, 15) is 0 Å². The van der Waals surface area contributed by atoms with Crippen LogP contribution in [-0.4, -0.2) is 11.6 Å². The summed E-state index contributed by atoms with van der Waals surface area (Å²) in [5.74, 6) is 2.82.